The summed E-state index contributed by atoms with van der Waals surface area (Å²) in [6.07, 6.45) is 4.64. The number of H-pyrrole nitrogens is 1. The maximum Gasteiger partial charge on any atom is 0.263 e. The van der Waals surface area contributed by atoms with Gasteiger partial charge in [-0.3, -0.25) is 9.36 Å². The van der Waals surface area contributed by atoms with Crippen molar-refractivity contribution in [2.75, 3.05) is 0 Å². The number of nitrogens with one attached hydrogen (secondary N) is 1. The van der Waals surface area contributed by atoms with Crippen LogP contribution in [0.15, 0.2) is 23.4 Å². The molecular weight excluding hydrogens is 304 g/mol. The van der Waals surface area contributed by atoms with Crippen LogP contribution < -0.4 is 5.56 Å². The van der Waals surface area contributed by atoms with Crippen LogP contribution in [0.3, 0.4) is 0 Å². The molecule has 1 N–H and O–H groups in total. The van der Waals surface area contributed by atoms with E-state index in [1.807, 2.05) is 37.0 Å². The molecule has 0 aliphatic heterocycles. The Hall–Kier alpha value is -1.73. The summed E-state index contributed by atoms with van der Waals surface area (Å²) in [5.74, 6) is 0. The summed E-state index contributed by atoms with van der Waals surface area (Å²) in [5, 5.41) is 0.726. The molecule has 0 bridgehead atoms. The van der Waals surface area contributed by atoms with Gasteiger partial charge in [0.05, 0.1) is 17.4 Å². The van der Waals surface area contributed by atoms with Crippen LogP contribution in [0.2, 0.25) is 0 Å². The number of nitrogens with zero attached hydrogens (tertiary/aromatic N) is 3. The summed E-state index contributed by atoms with van der Waals surface area (Å²) in [6, 6.07) is 1.92. The number of hydrogen-bond acceptors (Lipinski definition) is 4. The third-order valence-electron chi connectivity index (χ3n) is 3.36. The Kier molecular flexibility index (Phi) is 3.77. The number of aromatic nitrogens is 4. The molecule has 0 saturated heterocycles. The third-order valence-corrected chi connectivity index (χ3v) is 4.65. The first-order valence-electron chi connectivity index (χ1n) is 6.76. The molecule has 0 amide bonds. The van der Waals surface area contributed by atoms with Crippen molar-refractivity contribution < 1.29 is 0 Å². The van der Waals surface area contributed by atoms with Gasteiger partial charge in [-0.05, 0) is 38.6 Å². The highest BCUT2D eigenvalue weighted by atomic mass is 32.1. The smallest absolute Gasteiger partial charge is 0.263 e. The molecule has 0 aliphatic carbocycles. The fraction of sp³-hybridized carbons (Fsp3) is 0.357. The monoisotopic (exact) mass is 320 g/mol. The molecule has 3 aromatic rings. The zero-order valence-corrected chi connectivity index (χ0v) is 13.6. The van der Waals surface area contributed by atoms with Crippen LogP contribution in [0.4, 0.5) is 0 Å². The lowest BCUT2D eigenvalue weighted by Gasteiger charge is -2.06. The van der Waals surface area contributed by atoms with E-state index >= 15 is 0 Å². The Labute approximate surface area is 130 Å². The first kappa shape index (κ1) is 14.2. The molecule has 3 aromatic heterocycles. The van der Waals surface area contributed by atoms with Crippen molar-refractivity contribution in [3.8, 4) is 0 Å². The fourth-order valence-corrected chi connectivity index (χ4v) is 3.62. The molecule has 7 heteroatoms. The molecule has 0 spiro atoms. The average molecular weight is 320 g/mol. The van der Waals surface area contributed by atoms with E-state index in [1.165, 1.54) is 0 Å². The van der Waals surface area contributed by atoms with Gasteiger partial charge < -0.3 is 9.55 Å². The molecule has 3 heterocycles. The second-order valence-electron chi connectivity index (χ2n) is 5.09. The van der Waals surface area contributed by atoms with Crippen LogP contribution in [0.25, 0.3) is 10.2 Å². The van der Waals surface area contributed by atoms with Gasteiger partial charge in [-0.2, -0.15) is 0 Å². The Balaban J connectivity index is 1.83. The van der Waals surface area contributed by atoms with E-state index in [4.69, 9.17) is 12.2 Å². The van der Waals surface area contributed by atoms with Crippen LogP contribution in [0.1, 0.15) is 17.0 Å². The summed E-state index contributed by atoms with van der Waals surface area (Å²) in [4.78, 5) is 21.8. The van der Waals surface area contributed by atoms with Crippen molar-refractivity contribution in [1.29, 1.82) is 0 Å². The Bertz CT molecular complexity index is 900. The number of rotatable bonds is 4. The number of hydrogen-bond donors (Lipinski definition) is 1. The summed E-state index contributed by atoms with van der Waals surface area (Å²) in [7, 11) is 0. The second kappa shape index (κ2) is 5.57. The van der Waals surface area contributed by atoms with Gasteiger partial charge in [-0.15, -0.1) is 11.3 Å². The van der Waals surface area contributed by atoms with Gasteiger partial charge in [0.25, 0.3) is 5.56 Å². The Morgan fingerprint density at radius 3 is 2.90 bits per heavy atom. The molecule has 0 aromatic carbocycles. The van der Waals surface area contributed by atoms with Crippen molar-refractivity contribution >= 4 is 33.8 Å². The van der Waals surface area contributed by atoms with Gasteiger partial charge in [0.2, 0.25) is 0 Å². The van der Waals surface area contributed by atoms with Crippen LogP contribution in [-0.2, 0) is 13.1 Å². The third kappa shape index (κ3) is 2.84. The molecule has 0 saturated carbocycles. The van der Waals surface area contributed by atoms with E-state index in [0.717, 1.165) is 33.8 Å². The first-order chi connectivity index (χ1) is 10.0. The summed E-state index contributed by atoms with van der Waals surface area (Å²) >= 11 is 6.87. The minimum absolute atomic E-state index is 0.0000818. The Morgan fingerprint density at radius 2 is 2.19 bits per heavy atom. The van der Waals surface area contributed by atoms with Gasteiger partial charge in [-0.1, -0.05) is 0 Å². The van der Waals surface area contributed by atoms with Crippen LogP contribution >= 0.6 is 23.6 Å². The maximum atomic E-state index is 12.5. The van der Waals surface area contributed by atoms with Crippen molar-refractivity contribution in [2.24, 2.45) is 0 Å². The van der Waals surface area contributed by atoms with Crippen molar-refractivity contribution in [2.45, 2.75) is 33.4 Å². The quantitative estimate of drug-likeness (QED) is 0.752. The highest BCUT2D eigenvalue weighted by Gasteiger charge is 2.08. The largest absolute Gasteiger partial charge is 0.337 e. The van der Waals surface area contributed by atoms with Crippen LogP contribution in [0.5, 0.6) is 0 Å². The molecule has 0 atom stereocenters. The minimum Gasteiger partial charge on any atom is -0.337 e. The summed E-state index contributed by atoms with van der Waals surface area (Å²) in [6.45, 7) is 5.38. The molecule has 3 rings (SSSR count). The number of aromatic amines is 1. The molecule has 110 valence electrons. The van der Waals surface area contributed by atoms with Crippen LogP contribution in [-0.4, -0.2) is 19.1 Å². The van der Waals surface area contributed by atoms with E-state index < -0.39 is 0 Å². The molecule has 0 radical (unpaired) electrons. The summed E-state index contributed by atoms with van der Waals surface area (Å²) < 4.78 is 4.17. The van der Waals surface area contributed by atoms with Crippen LogP contribution in [0, 0.1) is 18.6 Å². The molecule has 0 aliphatic rings. The van der Waals surface area contributed by atoms with Crippen molar-refractivity contribution in [3.63, 3.8) is 0 Å². The molecule has 21 heavy (non-hydrogen) atoms. The molecular formula is C14H16N4OS2. The highest BCUT2D eigenvalue weighted by Crippen LogP contribution is 2.19. The summed E-state index contributed by atoms with van der Waals surface area (Å²) in [5.41, 5.74) is 1.000. The van der Waals surface area contributed by atoms with E-state index in [2.05, 4.69) is 9.97 Å². The van der Waals surface area contributed by atoms with Gasteiger partial charge in [0, 0.05) is 24.2 Å². The van der Waals surface area contributed by atoms with Gasteiger partial charge >= 0.3 is 0 Å². The number of aryl methyl sites for hydroxylation is 3. The number of fused-ring (bicyclic) bond motifs is 1. The zero-order valence-electron chi connectivity index (χ0n) is 11.9. The highest BCUT2D eigenvalue weighted by molar-refractivity contribution is 7.71. The first-order valence-corrected chi connectivity index (χ1v) is 7.99. The lowest BCUT2D eigenvalue weighted by atomic mass is 10.3. The normalized spacial score (nSPS) is 11.3. The maximum absolute atomic E-state index is 12.5. The minimum atomic E-state index is -0.0000818. The lowest BCUT2D eigenvalue weighted by Crippen LogP contribution is -2.22. The van der Waals surface area contributed by atoms with E-state index in [1.54, 1.807) is 15.9 Å². The molecule has 0 unspecified atom stereocenters. The second-order valence-corrected chi connectivity index (χ2v) is 6.74. The molecule has 5 nitrogen and oxygen atoms in total. The van der Waals surface area contributed by atoms with E-state index in [9.17, 15) is 4.79 Å². The van der Waals surface area contributed by atoms with Crippen molar-refractivity contribution in [3.05, 3.63) is 44.3 Å². The fourth-order valence-electron chi connectivity index (χ4n) is 2.38. The number of thiophene rings is 1. The predicted octanol–water partition coefficient (Wildman–Crippen LogP) is 3.02. The number of imidazole rings is 1. The topological polar surface area (TPSA) is 55.6 Å². The average Bonchev–Trinajstić information content (AvgIpc) is 2.99. The van der Waals surface area contributed by atoms with E-state index in [0.29, 0.717) is 11.3 Å². The van der Waals surface area contributed by atoms with Gasteiger partial charge in [0.1, 0.15) is 4.83 Å². The van der Waals surface area contributed by atoms with Gasteiger partial charge in [0.15, 0.2) is 4.77 Å². The standard InChI is InChI=1S/C14H16N4OS2/c1-9-7-17(8-15-9)4-3-5-18-13(19)11-6-10(2)21-12(11)16-14(18)20/h6-8H,3-5H2,1-2H3,(H,16,20). The SMILES string of the molecule is Cc1cn(CCCn2c(=S)[nH]c3sc(C)cc3c2=O)cn1. The Morgan fingerprint density at radius 1 is 1.38 bits per heavy atom. The molecule has 0 fully saturated rings. The predicted molar refractivity (Wildman–Crippen MR) is 87.6 cm³/mol. The van der Waals surface area contributed by atoms with E-state index in [-0.39, 0.29) is 5.56 Å². The van der Waals surface area contributed by atoms with Gasteiger partial charge in [-0.25, -0.2) is 4.98 Å². The zero-order chi connectivity index (χ0) is 15.0. The van der Waals surface area contributed by atoms with Crippen molar-refractivity contribution in [1.82, 2.24) is 19.1 Å². The lowest BCUT2D eigenvalue weighted by molar-refractivity contribution is 0.546.